The van der Waals surface area contributed by atoms with Crippen LogP contribution in [0.3, 0.4) is 0 Å². The number of hydrogen-bond acceptors (Lipinski definition) is 7. The maximum atomic E-state index is 12.3. The Morgan fingerprint density at radius 2 is 2.04 bits per heavy atom. The molecule has 3 heterocycles. The van der Waals surface area contributed by atoms with E-state index < -0.39 is 0 Å². The van der Waals surface area contributed by atoms with E-state index in [0.717, 1.165) is 10.2 Å². The standard InChI is InChI=1S/C16H13N3O4S/c1-21-14-3-2-9(8-17-14)15(20)19-16-18-10-6-11-12(7-13(10)24-16)23-5-4-22-11/h2-3,6-8H,4-5H2,1H3,(H,18,19,20). The Balaban J connectivity index is 1.58. The van der Waals surface area contributed by atoms with Crippen molar-refractivity contribution in [2.24, 2.45) is 0 Å². The number of hydrogen-bond donors (Lipinski definition) is 1. The minimum Gasteiger partial charge on any atom is -0.486 e. The molecule has 8 heteroatoms. The molecule has 0 saturated carbocycles. The van der Waals surface area contributed by atoms with Crippen molar-refractivity contribution < 1.29 is 19.0 Å². The number of pyridine rings is 1. The van der Waals surface area contributed by atoms with Crippen molar-refractivity contribution >= 4 is 32.6 Å². The summed E-state index contributed by atoms with van der Waals surface area (Å²) in [6.07, 6.45) is 1.46. The first-order valence-electron chi connectivity index (χ1n) is 7.24. The lowest BCUT2D eigenvalue weighted by Gasteiger charge is -2.17. The number of thiazole rings is 1. The average Bonchev–Trinajstić information content (AvgIpc) is 3.00. The zero-order valence-electron chi connectivity index (χ0n) is 12.7. The Morgan fingerprint density at radius 1 is 1.25 bits per heavy atom. The summed E-state index contributed by atoms with van der Waals surface area (Å²) in [4.78, 5) is 20.7. The second kappa shape index (κ2) is 5.97. The summed E-state index contributed by atoms with van der Waals surface area (Å²) >= 11 is 1.38. The monoisotopic (exact) mass is 343 g/mol. The lowest BCUT2D eigenvalue weighted by atomic mass is 10.3. The predicted octanol–water partition coefficient (Wildman–Crippen LogP) is 2.72. The summed E-state index contributed by atoms with van der Waals surface area (Å²) < 4.78 is 17.0. The number of carbonyl (C=O) groups is 1. The van der Waals surface area contributed by atoms with E-state index in [1.54, 1.807) is 12.1 Å². The summed E-state index contributed by atoms with van der Waals surface area (Å²) in [7, 11) is 1.52. The summed E-state index contributed by atoms with van der Waals surface area (Å²) in [5.74, 6) is 1.56. The van der Waals surface area contributed by atoms with Crippen molar-refractivity contribution in [1.29, 1.82) is 0 Å². The van der Waals surface area contributed by atoms with Crippen LogP contribution in [-0.2, 0) is 0 Å². The zero-order valence-corrected chi connectivity index (χ0v) is 13.6. The topological polar surface area (TPSA) is 82.6 Å². The molecule has 1 aliphatic heterocycles. The Bertz CT molecular complexity index is 865. The Morgan fingerprint density at radius 3 is 2.75 bits per heavy atom. The van der Waals surface area contributed by atoms with Gasteiger partial charge in [0, 0.05) is 24.4 Å². The highest BCUT2D eigenvalue weighted by molar-refractivity contribution is 7.22. The SMILES string of the molecule is COc1ccc(C(=O)Nc2nc3cc4c(cc3s2)OCCO4)cn1. The van der Waals surface area contributed by atoms with Gasteiger partial charge in [0.1, 0.15) is 13.2 Å². The first-order chi connectivity index (χ1) is 11.7. The molecule has 0 radical (unpaired) electrons. The maximum absolute atomic E-state index is 12.3. The molecule has 24 heavy (non-hydrogen) atoms. The second-order valence-corrected chi connectivity index (χ2v) is 6.06. The number of rotatable bonds is 3. The van der Waals surface area contributed by atoms with Crippen molar-refractivity contribution in [3.63, 3.8) is 0 Å². The Kier molecular flexibility index (Phi) is 3.66. The van der Waals surface area contributed by atoms with E-state index in [4.69, 9.17) is 14.2 Å². The minimum absolute atomic E-state index is 0.276. The van der Waals surface area contributed by atoms with Crippen molar-refractivity contribution in [3.8, 4) is 17.4 Å². The van der Waals surface area contributed by atoms with Gasteiger partial charge < -0.3 is 14.2 Å². The average molecular weight is 343 g/mol. The van der Waals surface area contributed by atoms with Crippen LogP contribution in [-0.4, -0.2) is 36.2 Å². The van der Waals surface area contributed by atoms with Crippen LogP contribution in [0.5, 0.6) is 17.4 Å². The van der Waals surface area contributed by atoms with Gasteiger partial charge in [0.15, 0.2) is 16.6 Å². The number of nitrogens with zero attached hydrogens (tertiary/aromatic N) is 2. The van der Waals surface area contributed by atoms with Gasteiger partial charge in [-0.3, -0.25) is 10.1 Å². The number of fused-ring (bicyclic) bond motifs is 2. The fourth-order valence-electron chi connectivity index (χ4n) is 2.32. The van der Waals surface area contributed by atoms with Crippen LogP contribution >= 0.6 is 11.3 Å². The van der Waals surface area contributed by atoms with E-state index in [9.17, 15) is 4.79 Å². The van der Waals surface area contributed by atoms with Gasteiger partial charge >= 0.3 is 0 Å². The number of methoxy groups -OCH3 is 1. The van der Waals surface area contributed by atoms with Crippen LogP contribution in [0, 0.1) is 0 Å². The number of benzene rings is 1. The first-order valence-corrected chi connectivity index (χ1v) is 8.06. The quantitative estimate of drug-likeness (QED) is 0.787. The van der Waals surface area contributed by atoms with Crippen molar-refractivity contribution in [2.45, 2.75) is 0 Å². The molecule has 7 nitrogen and oxygen atoms in total. The number of anilines is 1. The number of ether oxygens (including phenoxy) is 3. The Labute approximate surface area is 141 Å². The van der Waals surface area contributed by atoms with Crippen LogP contribution in [0.4, 0.5) is 5.13 Å². The molecule has 1 aromatic carbocycles. The third-order valence-corrected chi connectivity index (χ3v) is 4.41. The molecule has 0 bridgehead atoms. The van der Waals surface area contributed by atoms with Crippen LogP contribution in [0.1, 0.15) is 10.4 Å². The van der Waals surface area contributed by atoms with E-state index in [1.807, 2.05) is 12.1 Å². The molecule has 1 aliphatic rings. The van der Waals surface area contributed by atoms with Crippen LogP contribution < -0.4 is 19.5 Å². The smallest absolute Gasteiger partial charge is 0.259 e. The second-order valence-electron chi connectivity index (χ2n) is 5.03. The molecular weight excluding hydrogens is 330 g/mol. The molecular formula is C16H13N3O4S. The van der Waals surface area contributed by atoms with E-state index in [1.165, 1.54) is 24.6 Å². The molecule has 2 aromatic heterocycles. The number of aromatic nitrogens is 2. The van der Waals surface area contributed by atoms with Crippen molar-refractivity contribution in [2.75, 3.05) is 25.6 Å². The molecule has 0 unspecified atom stereocenters. The summed E-state index contributed by atoms with van der Waals surface area (Å²) in [6.45, 7) is 1.06. The zero-order chi connectivity index (χ0) is 16.5. The number of amides is 1. The Hall–Kier alpha value is -2.87. The van der Waals surface area contributed by atoms with Gasteiger partial charge in [-0.2, -0.15) is 0 Å². The molecule has 3 aromatic rings. The highest BCUT2D eigenvalue weighted by Crippen LogP contribution is 2.37. The van der Waals surface area contributed by atoms with Gasteiger partial charge in [-0.1, -0.05) is 11.3 Å². The van der Waals surface area contributed by atoms with E-state index in [-0.39, 0.29) is 5.91 Å². The van der Waals surface area contributed by atoms with Crippen LogP contribution in [0.25, 0.3) is 10.2 Å². The highest BCUT2D eigenvalue weighted by atomic mass is 32.1. The van der Waals surface area contributed by atoms with Gasteiger partial charge in [0.25, 0.3) is 5.91 Å². The molecule has 0 spiro atoms. The van der Waals surface area contributed by atoms with Crippen LogP contribution in [0.2, 0.25) is 0 Å². The number of carbonyl (C=O) groups excluding carboxylic acids is 1. The van der Waals surface area contributed by atoms with E-state index in [0.29, 0.717) is 41.3 Å². The van der Waals surface area contributed by atoms with Gasteiger partial charge in [0.05, 0.1) is 22.9 Å². The fraction of sp³-hybridized carbons (Fsp3) is 0.188. The summed E-state index contributed by atoms with van der Waals surface area (Å²) in [5, 5.41) is 3.29. The first kappa shape index (κ1) is 14.7. The van der Waals surface area contributed by atoms with Gasteiger partial charge in [-0.25, -0.2) is 9.97 Å². The lowest BCUT2D eigenvalue weighted by molar-refractivity contribution is 0.102. The molecule has 122 valence electrons. The third kappa shape index (κ3) is 2.71. The molecule has 0 atom stereocenters. The highest BCUT2D eigenvalue weighted by Gasteiger charge is 2.16. The van der Waals surface area contributed by atoms with Crippen molar-refractivity contribution in [3.05, 3.63) is 36.0 Å². The molecule has 0 fully saturated rings. The van der Waals surface area contributed by atoms with Crippen molar-refractivity contribution in [1.82, 2.24) is 9.97 Å². The number of nitrogens with one attached hydrogen (secondary N) is 1. The van der Waals surface area contributed by atoms with Gasteiger partial charge in [-0.05, 0) is 6.07 Å². The largest absolute Gasteiger partial charge is 0.486 e. The third-order valence-electron chi connectivity index (χ3n) is 3.48. The van der Waals surface area contributed by atoms with Gasteiger partial charge in [0.2, 0.25) is 5.88 Å². The molecule has 1 N–H and O–H groups in total. The predicted molar refractivity (Wildman–Crippen MR) is 89.4 cm³/mol. The van der Waals surface area contributed by atoms with Gasteiger partial charge in [-0.15, -0.1) is 0 Å². The molecule has 4 rings (SSSR count). The summed E-state index contributed by atoms with van der Waals surface area (Å²) in [6, 6.07) is 6.99. The summed E-state index contributed by atoms with van der Waals surface area (Å²) in [5.41, 5.74) is 1.19. The lowest BCUT2D eigenvalue weighted by Crippen LogP contribution is -2.15. The molecule has 0 aliphatic carbocycles. The maximum Gasteiger partial charge on any atom is 0.259 e. The fourth-order valence-corrected chi connectivity index (χ4v) is 3.19. The molecule has 1 amide bonds. The van der Waals surface area contributed by atoms with Crippen LogP contribution in [0.15, 0.2) is 30.5 Å². The van der Waals surface area contributed by atoms with E-state index >= 15 is 0 Å². The normalized spacial score (nSPS) is 12.9. The van der Waals surface area contributed by atoms with E-state index in [2.05, 4.69) is 15.3 Å². The molecule has 0 saturated heterocycles. The minimum atomic E-state index is -0.276.